The third-order valence-electron chi connectivity index (χ3n) is 4.16. The van der Waals surface area contributed by atoms with Crippen LogP contribution >= 0.6 is 15.9 Å². The fourth-order valence-corrected chi connectivity index (χ4v) is 3.17. The van der Waals surface area contributed by atoms with E-state index in [1.807, 2.05) is 42.5 Å². The normalized spacial score (nSPS) is 16.4. The first-order chi connectivity index (χ1) is 12.2. The lowest BCUT2D eigenvalue weighted by molar-refractivity contribution is 0.821. The molecule has 2 heterocycles. The van der Waals surface area contributed by atoms with Crippen LogP contribution in [0, 0.1) is 0 Å². The summed E-state index contributed by atoms with van der Waals surface area (Å²) in [6.07, 6.45) is 2.05. The molecule has 5 nitrogen and oxygen atoms in total. The van der Waals surface area contributed by atoms with Crippen molar-refractivity contribution in [1.29, 1.82) is 0 Å². The number of nitrogens with zero attached hydrogens (tertiary/aromatic N) is 2. The average Bonchev–Trinajstić information content (AvgIpc) is 2.84. The quantitative estimate of drug-likeness (QED) is 0.683. The van der Waals surface area contributed by atoms with Crippen molar-refractivity contribution in [3.8, 4) is 0 Å². The number of anilines is 1. The highest BCUT2D eigenvalue weighted by Gasteiger charge is 2.23. The van der Waals surface area contributed by atoms with Gasteiger partial charge < -0.3 is 10.3 Å². The molecule has 1 aliphatic rings. The summed E-state index contributed by atoms with van der Waals surface area (Å²) in [5.74, 6) is 0.504. The molecular formula is C19H15BrN4O. The van der Waals surface area contributed by atoms with Crippen molar-refractivity contribution in [2.24, 2.45) is 4.99 Å². The summed E-state index contributed by atoms with van der Waals surface area (Å²) in [5.41, 5.74) is 3.04. The molecule has 0 radical (unpaired) electrons. The van der Waals surface area contributed by atoms with E-state index < -0.39 is 0 Å². The highest BCUT2D eigenvalue weighted by Crippen LogP contribution is 2.31. The maximum absolute atomic E-state index is 12.2. The second-order valence-electron chi connectivity index (χ2n) is 5.81. The number of hydrogen-bond donors (Lipinski definition) is 2. The standard InChI is InChI=1S/C19H15BrN4O/c20-14-8-6-13(7-9-14)15-10-16(12-4-2-1-3-5-12)24-18-17(23-15)19(25)22-11-21-18/h1-9,11,16H,10H2,(H2,21,22,24,25)/t16-/m1/s1. The number of aromatic amines is 1. The number of fused-ring (bicyclic) bond motifs is 1. The molecule has 6 heteroatoms. The fraction of sp³-hybridized carbons (Fsp3) is 0.105. The number of aliphatic imine (C=N–C) groups is 1. The van der Waals surface area contributed by atoms with Crippen LogP contribution in [0.15, 0.2) is 75.2 Å². The topological polar surface area (TPSA) is 70.1 Å². The van der Waals surface area contributed by atoms with Crippen LogP contribution in [-0.4, -0.2) is 15.7 Å². The second kappa shape index (κ2) is 6.64. The van der Waals surface area contributed by atoms with Crippen molar-refractivity contribution in [3.05, 3.63) is 86.9 Å². The lowest BCUT2D eigenvalue weighted by Gasteiger charge is -2.18. The monoisotopic (exact) mass is 394 g/mol. The van der Waals surface area contributed by atoms with Crippen LogP contribution in [0.25, 0.3) is 0 Å². The van der Waals surface area contributed by atoms with Gasteiger partial charge in [0.05, 0.1) is 18.1 Å². The molecule has 0 fully saturated rings. The number of rotatable bonds is 2. The van der Waals surface area contributed by atoms with Gasteiger partial charge in [-0.1, -0.05) is 58.4 Å². The third kappa shape index (κ3) is 3.25. The largest absolute Gasteiger partial charge is 0.361 e. The van der Waals surface area contributed by atoms with Crippen molar-refractivity contribution in [2.75, 3.05) is 5.32 Å². The van der Waals surface area contributed by atoms with Gasteiger partial charge in [0.15, 0.2) is 11.5 Å². The molecule has 2 aromatic carbocycles. The Morgan fingerprint density at radius 1 is 1.04 bits per heavy atom. The zero-order valence-corrected chi connectivity index (χ0v) is 14.8. The van der Waals surface area contributed by atoms with E-state index in [-0.39, 0.29) is 11.6 Å². The number of nitrogens with one attached hydrogen (secondary N) is 2. The van der Waals surface area contributed by atoms with Crippen molar-refractivity contribution in [1.82, 2.24) is 9.97 Å². The van der Waals surface area contributed by atoms with E-state index in [1.54, 1.807) is 0 Å². The van der Waals surface area contributed by atoms with E-state index in [1.165, 1.54) is 6.33 Å². The summed E-state index contributed by atoms with van der Waals surface area (Å²) in [4.78, 5) is 23.8. The molecule has 124 valence electrons. The molecule has 3 aromatic rings. The van der Waals surface area contributed by atoms with Gasteiger partial charge in [0.2, 0.25) is 0 Å². The summed E-state index contributed by atoms with van der Waals surface area (Å²) in [5, 5.41) is 3.37. The van der Waals surface area contributed by atoms with Crippen LogP contribution in [0.4, 0.5) is 11.5 Å². The number of halogens is 1. The van der Waals surface area contributed by atoms with Gasteiger partial charge in [0.1, 0.15) is 0 Å². The van der Waals surface area contributed by atoms with Crippen LogP contribution in [0.5, 0.6) is 0 Å². The summed E-state index contributed by atoms with van der Waals surface area (Å²) < 4.78 is 1.00. The molecule has 25 heavy (non-hydrogen) atoms. The van der Waals surface area contributed by atoms with Crippen LogP contribution < -0.4 is 10.9 Å². The average molecular weight is 395 g/mol. The lowest BCUT2D eigenvalue weighted by atomic mass is 9.97. The number of benzene rings is 2. The molecular weight excluding hydrogens is 380 g/mol. The molecule has 1 aliphatic heterocycles. The van der Waals surface area contributed by atoms with E-state index in [0.717, 1.165) is 21.3 Å². The Kier molecular flexibility index (Phi) is 4.19. The molecule has 2 N–H and O–H groups in total. The maximum Gasteiger partial charge on any atom is 0.278 e. The van der Waals surface area contributed by atoms with Crippen LogP contribution in [0.2, 0.25) is 0 Å². The second-order valence-corrected chi connectivity index (χ2v) is 6.72. The zero-order valence-electron chi connectivity index (χ0n) is 13.2. The summed E-state index contributed by atoms with van der Waals surface area (Å²) in [7, 11) is 0. The van der Waals surface area contributed by atoms with Crippen LogP contribution in [0.1, 0.15) is 23.6 Å². The van der Waals surface area contributed by atoms with Crippen LogP contribution in [0.3, 0.4) is 0 Å². The van der Waals surface area contributed by atoms with Crippen molar-refractivity contribution in [2.45, 2.75) is 12.5 Å². The lowest BCUT2D eigenvalue weighted by Crippen LogP contribution is -2.15. The van der Waals surface area contributed by atoms with E-state index in [4.69, 9.17) is 0 Å². The minimum absolute atomic E-state index is 0.0147. The smallest absolute Gasteiger partial charge is 0.278 e. The summed E-state index contributed by atoms with van der Waals surface area (Å²) in [6.45, 7) is 0. The molecule has 0 saturated heterocycles. The summed E-state index contributed by atoms with van der Waals surface area (Å²) >= 11 is 3.45. The minimum atomic E-state index is -0.249. The van der Waals surface area contributed by atoms with E-state index >= 15 is 0 Å². The van der Waals surface area contributed by atoms with Gasteiger partial charge in [-0.25, -0.2) is 9.98 Å². The van der Waals surface area contributed by atoms with Crippen molar-refractivity contribution >= 4 is 33.1 Å². The Labute approximate surface area is 153 Å². The first kappa shape index (κ1) is 15.8. The Balaban J connectivity index is 1.85. The fourth-order valence-electron chi connectivity index (χ4n) is 2.90. The van der Waals surface area contributed by atoms with E-state index in [9.17, 15) is 4.79 Å². The Morgan fingerprint density at radius 3 is 2.56 bits per heavy atom. The first-order valence-electron chi connectivity index (χ1n) is 7.93. The molecule has 1 atom stereocenters. The molecule has 0 bridgehead atoms. The Morgan fingerprint density at radius 2 is 1.80 bits per heavy atom. The third-order valence-corrected chi connectivity index (χ3v) is 4.69. The predicted molar refractivity (Wildman–Crippen MR) is 103 cm³/mol. The van der Waals surface area contributed by atoms with E-state index in [2.05, 4.69) is 48.3 Å². The number of hydrogen-bond acceptors (Lipinski definition) is 4. The number of H-pyrrole nitrogens is 1. The van der Waals surface area contributed by atoms with Gasteiger partial charge in [-0.15, -0.1) is 0 Å². The van der Waals surface area contributed by atoms with Crippen LogP contribution in [-0.2, 0) is 0 Å². The molecule has 0 amide bonds. The van der Waals surface area contributed by atoms with Crippen molar-refractivity contribution < 1.29 is 0 Å². The van der Waals surface area contributed by atoms with Gasteiger partial charge in [0.25, 0.3) is 5.56 Å². The zero-order chi connectivity index (χ0) is 17.2. The maximum atomic E-state index is 12.2. The van der Waals surface area contributed by atoms with Gasteiger partial charge in [-0.2, -0.15) is 0 Å². The van der Waals surface area contributed by atoms with Gasteiger partial charge in [-0.05, 0) is 23.3 Å². The SMILES string of the molecule is O=c1[nH]cnc2c1N=C(c1ccc(Br)cc1)C[C@H](c1ccccc1)N2. The van der Waals surface area contributed by atoms with E-state index in [0.29, 0.717) is 17.9 Å². The van der Waals surface area contributed by atoms with Gasteiger partial charge in [0, 0.05) is 10.9 Å². The predicted octanol–water partition coefficient (Wildman–Crippen LogP) is 4.21. The number of aromatic nitrogens is 2. The molecule has 0 aliphatic carbocycles. The molecule has 1 aromatic heterocycles. The molecule has 4 rings (SSSR count). The minimum Gasteiger partial charge on any atom is -0.361 e. The highest BCUT2D eigenvalue weighted by atomic mass is 79.9. The molecule has 0 saturated carbocycles. The Bertz CT molecular complexity index is 980. The molecule has 0 unspecified atom stereocenters. The molecule has 0 spiro atoms. The van der Waals surface area contributed by atoms with Crippen molar-refractivity contribution in [3.63, 3.8) is 0 Å². The summed E-state index contributed by atoms with van der Waals surface area (Å²) in [6, 6.07) is 18.1. The first-order valence-corrected chi connectivity index (χ1v) is 8.73. The highest BCUT2D eigenvalue weighted by molar-refractivity contribution is 9.10. The van der Waals surface area contributed by atoms with Gasteiger partial charge in [-0.3, -0.25) is 4.79 Å². The van der Waals surface area contributed by atoms with Gasteiger partial charge >= 0.3 is 0 Å². The Hall–Kier alpha value is -2.73.